The Kier molecular flexibility index (Phi) is 4.60. The van der Waals surface area contributed by atoms with Gasteiger partial charge in [-0.15, -0.1) is 0 Å². The van der Waals surface area contributed by atoms with Gasteiger partial charge in [0, 0.05) is 13.1 Å². The van der Waals surface area contributed by atoms with Gasteiger partial charge in [-0.25, -0.2) is 4.98 Å². The first-order chi connectivity index (χ1) is 8.74. The average Bonchev–Trinajstić information content (AvgIpc) is 2.57. The van der Waals surface area contributed by atoms with Crippen LogP contribution in [0.2, 0.25) is 0 Å². The van der Waals surface area contributed by atoms with Gasteiger partial charge in [-0.3, -0.25) is 9.69 Å². The van der Waals surface area contributed by atoms with E-state index >= 15 is 0 Å². The van der Waals surface area contributed by atoms with Crippen molar-refractivity contribution in [2.24, 2.45) is 0 Å². The summed E-state index contributed by atoms with van der Waals surface area (Å²) < 4.78 is 12.8. The zero-order chi connectivity index (χ0) is 12.8. The molecule has 98 valence electrons. The topological polar surface area (TPSA) is 57.3 Å². The zero-order valence-corrected chi connectivity index (χ0v) is 10.2. The number of nitrogens with zero attached hydrogens (tertiary/aromatic N) is 2. The number of carbonyl (C=O) groups excluding carboxylic acids is 1. The highest BCUT2D eigenvalue weighted by Crippen LogP contribution is 2.04. The Morgan fingerprint density at radius 3 is 3.17 bits per heavy atom. The number of carbonyl (C=O) groups is 1. The molecular weight excluding hydrogens is 235 g/mol. The SMILES string of the molecule is O=C(CN1CCCNCC1)Nc1cccc(F)n1. The minimum atomic E-state index is -0.591. The number of aromatic nitrogens is 1. The minimum absolute atomic E-state index is 0.157. The van der Waals surface area contributed by atoms with Crippen LogP contribution >= 0.6 is 0 Å². The zero-order valence-electron chi connectivity index (χ0n) is 10.2. The molecule has 0 unspecified atom stereocenters. The monoisotopic (exact) mass is 252 g/mol. The van der Waals surface area contributed by atoms with E-state index in [1.165, 1.54) is 12.1 Å². The molecule has 1 aromatic heterocycles. The summed E-state index contributed by atoms with van der Waals surface area (Å²) in [6, 6.07) is 4.34. The molecular formula is C12H17FN4O. The van der Waals surface area contributed by atoms with Crippen molar-refractivity contribution in [3.05, 3.63) is 24.1 Å². The van der Waals surface area contributed by atoms with Crippen LogP contribution in [0, 0.1) is 5.95 Å². The second-order valence-electron chi connectivity index (χ2n) is 4.27. The van der Waals surface area contributed by atoms with Crippen LogP contribution < -0.4 is 10.6 Å². The van der Waals surface area contributed by atoms with Gasteiger partial charge >= 0.3 is 0 Å². The van der Waals surface area contributed by atoms with Crippen LogP contribution in [-0.4, -0.2) is 48.5 Å². The van der Waals surface area contributed by atoms with Crippen LogP contribution in [0.5, 0.6) is 0 Å². The number of hydrogen-bond donors (Lipinski definition) is 2. The van der Waals surface area contributed by atoms with E-state index in [9.17, 15) is 9.18 Å². The summed E-state index contributed by atoms with van der Waals surface area (Å²) in [4.78, 5) is 17.4. The minimum Gasteiger partial charge on any atom is -0.315 e. The highest BCUT2D eigenvalue weighted by atomic mass is 19.1. The fraction of sp³-hybridized carbons (Fsp3) is 0.500. The Balaban J connectivity index is 1.84. The molecule has 2 N–H and O–H groups in total. The summed E-state index contributed by atoms with van der Waals surface area (Å²) in [5.74, 6) is -0.491. The van der Waals surface area contributed by atoms with Crippen molar-refractivity contribution in [3.63, 3.8) is 0 Å². The average molecular weight is 252 g/mol. The van der Waals surface area contributed by atoms with Crippen molar-refractivity contribution in [2.45, 2.75) is 6.42 Å². The normalized spacial score (nSPS) is 17.2. The van der Waals surface area contributed by atoms with E-state index in [1.54, 1.807) is 6.07 Å². The van der Waals surface area contributed by atoms with Crippen molar-refractivity contribution in [3.8, 4) is 0 Å². The number of rotatable bonds is 3. The summed E-state index contributed by atoms with van der Waals surface area (Å²) in [6.07, 6.45) is 1.03. The number of anilines is 1. The molecule has 0 saturated carbocycles. The molecule has 0 aliphatic carbocycles. The van der Waals surface area contributed by atoms with Crippen molar-refractivity contribution in [1.29, 1.82) is 0 Å². The van der Waals surface area contributed by atoms with Gasteiger partial charge in [-0.1, -0.05) is 6.07 Å². The Labute approximate surface area is 105 Å². The Morgan fingerprint density at radius 1 is 1.44 bits per heavy atom. The first-order valence-corrected chi connectivity index (χ1v) is 6.09. The number of amides is 1. The molecule has 2 rings (SSSR count). The molecule has 0 atom stereocenters. The third kappa shape index (κ3) is 4.05. The molecule has 1 fully saturated rings. The van der Waals surface area contributed by atoms with Crippen molar-refractivity contribution in [2.75, 3.05) is 38.0 Å². The maximum atomic E-state index is 12.8. The molecule has 5 nitrogen and oxygen atoms in total. The van der Waals surface area contributed by atoms with Gasteiger partial charge in [0.2, 0.25) is 11.9 Å². The lowest BCUT2D eigenvalue weighted by molar-refractivity contribution is -0.117. The first kappa shape index (κ1) is 12.9. The van der Waals surface area contributed by atoms with Crippen molar-refractivity contribution in [1.82, 2.24) is 15.2 Å². The maximum Gasteiger partial charge on any atom is 0.239 e. The summed E-state index contributed by atoms with van der Waals surface area (Å²) in [5, 5.41) is 5.87. The van der Waals surface area contributed by atoms with E-state index in [2.05, 4.69) is 20.5 Å². The quantitative estimate of drug-likeness (QED) is 0.767. The number of halogens is 1. The van der Waals surface area contributed by atoms with Crippen LogP contribution in [0.3, 0.4) is 0 Å². The van der Waals surface area contributed by atoms with E-state index in [1.807, 2.05) is 0 Å². The maximum absolute atomic E-state index is 12.8. The lowest BCUT2D eigenvalue weighted by Gasteiger charge is -2.18. The van der Waals surface area contributed by atoms with E-state index in [0.29, 0.717) is 6.54 Å². The number of nitrogens with one attached hydrogen (secondary N) is 2. The molecule has 1 saturated heterocycles. The largest absolute Gasteiger partial charge is 0.315 e. The molecule has 1 aromatic rings. The Hall–Kier alpha value is -1.53. The Morgan fingerprint density at radius 2 is 2.33 bits per heavy atom. The van der Waals surface area contributed by atoms with Crippen LogP contribution in [0.25, 0.3) is 0 Å². The summed E-state index contributed by atoms with van der Waals surface area (Å²) in [7, 11) is 0. The van der Waals surface area contributed by atoms with E-state index in [0.717, 1.165) is 32.6 Å². The highest BCUT2D eigenvalue weighted by molar-refractivity contribution is 5.91. The van der Waals surface area contributed by atoms with Gasteiger partial charge in [0.05, 0.1) is 6.54 Å². The molecule has 1 aliphatic heterocycles. The first-order valence-electron chi connectivity index (χ1n) is 6.09. The fourth-order valence-corrected chi connectivity index (χ4v) is 1.92. The third-order valence-corrected chi connectivity index (χ3v) is 2.78. The lowest BCUT2D eigenvalue weighted by atomic mass is 10.4. The molecule has 1 aliphatic rings. The highest BCUT2D eigenvalue weighted by Gasteiger charge is 2.13. The van der Waals surface area contributed by atoms with Crippen molar-refractivity contribution < 1.29 is 9.18 Å². The molecule has 0 aromatic carbocycles. The number of hydrogen-bond acceptors (Lipinski definition) is 4. The number of pyridine rings is 1. The second-order valence-corrected chi connectivity index (χ2v) is 4.27. The predicted octanol–water partition coefficient (Wildman–Crippen LogP) is 0.455. The molecule has 0 spiro atoms. The van der Waals surface area contributed by atoms with E-state index in [4.69, 9.17) is 0 Å². The van der Waals surface area contributed by atoms with E-state index in [-0.39, 0.29) is 11.7 Å². The third-order valence-electron chi connectivity index (χ3n) is 2.78. The van der Waals surface area contributed by atoms with Crippen LogP contribution in [0.1, 0.15) is 6.42 Å². The van der Waals surface area contributed by atoms with E-state index < -0.39 is 5.95 Å². The van der Waals surface area contributed by atoms with Gasteiger partial charge in [0.15, 0.2) is 0 Å². The summed E-state index contributed by atoms with van der Waals surface area (Å²) in [6.45, 7) is 3.95. The lowest BCUT2D eigenvalue weighted by Crippen LogP contribution is -2.35. The molecule has 1 amide bonds. The van der Waals surface area contributed by atoms with Gasteiger partial charge < -0.3 is 10.6 Å². The van der Waals surface area contributed by atoms with Crippen LogP contribution in [0.15, 0.2) is 18.2 Å². The molecule has 2 heterocycles. The molecule has 0 radical (unpaired) electrons. The van der Waals surface area contributed by atoms with Gasteiger partial charge in [0.25, 0.3) is 0 Å². The standard InChI is InChI=1S/C12H17FN4O/c13-10-3-1-4-11(15-10)16-12(18)9-17-7-2-5-14-6-8-17/h1,3-4,14H,2,5-9H2,(H,15,16,18). The summed E-state index contributed by atoms with van der Waals surface area (Å²) >= 11 is 0. The molecule has 18 heavy (non-hydrogen) atoms. The fourth-order valence-electron chi connectivity index (χ4n) is 1.92. The molecule has 0 bridgehead atoms. The summed E-state index contributed by atoms with van der Waals surface area (Å²) in [5.41, 5.74) is 0. The van der Waals surface area contributed by atoms with Crippen molar-refractivity contribution >= 4 is 11.7 Å². The predicted molar refractivity (Wildman–Crippen MR) is 66.8 cm³/mol. The van der Waals surface area contributed by atoms with Gasteiger partial charge in [-0.2, -0.15) is 4.39 Å². The Bertz CT molecular complexity index is 405. The van der Waals surface area contributed by atoms with Crippen LogP contribution in [-0.2, 0) is 4.79 Å². The van der Waals surface area contributed by atoms with Gasteiger partial charge in [0.1, 0.15) is 5.82 Å². The van der Waals surface area contributed by atoms with Crippen LogP contribution in [0.4, 0.5) is 10.2 Å². The smallest absolute Gasteiger partial charge is 0.239 e. The second kappa shape index (κ2) is 6.42. The molecule has 6 heteroatoms. The van der Waals surface area contributed by atoms with Gasteiger partial charge in [-0.05, 0) is 31.6 Å².